The van der Waals surface area contributed by atoms with E-state index in [1.807, 2.05) is 12.3 Å². The number of hydrogen-bond donors (Lipinski definition) is 1. The molecule has 80 valence electrons. The van der Waals surface area contributed by atoms with Gasteiger partial charge in [0.05, 0.1) is 6.04 Å². The smallest absolute Gasteiger partial charge is 0.0690 e. The molecule has 0 amide bonds. The summed E-state index contributed by atoms with van der Waals surface area (Å²) in [6.07, 6.45) is 12.2. The van der Waals surface area contributed by atoms with Gasteiger partial charge in [0.15, 0.2) is 0 Å². The van der Waals surface area contributed by atoms with Crippen molar-refractivity contribution in [1.82, 2.24) is 10.3 Å². The van der Waals surface area contributed by atoms with Gasteiger partial charge in [-0.3, -0.25) is 4.98 Å². The third kappa shape index (κ3) is 4.62. The van der Waals surface area contributed by atoms with Crippen molar-refractivity contribution < 1.29 is 0 Å². The molecule has 1 N–H and O–H groups in total. The van der Waals surface area contributed by atoms with Crippen LogP contribution in [0.5, 0.6) is 0 Å². The minimum absolute atomic E-state index is 0.185. The molecule has 1 unspecified atom stereocenters. The minimum Gasteiger partial charge on any atom is -0.304 e. The monoisotopic (exact) mass is 202 g/mol. The quantitative estimate of drug-likeness (QED) is 0.714. The Bertz CT molecular complexity index is 300. The van der Waals surface area contributed by atoms with Crippen molar-refractivity contribution in [2.45, 2.75) is 32.2 Å². The number of nitrogens with zero attached hydrogens (tertiary/aromatic N) is 1. The molecular formula is C13H18N2. The van der Waals surface area contributed by atoms with E-state index in [-0.39, 0.29) is 6.04 Å². The van der Waals surface area contributed by atoms with Gasteiger partial charge in [-0.1, -0.05) is 18.9 Å². The Balaban J connectivity index is 2.32. The fourth-order valence-corrected chi connectivity index (χ4v) is 1.42. The Hall–Kier alpha value is -1.33. The molecule has 1 heterocycles. The number of hydrogen-bond acceptors (Lipinski definition) is 2. The molecule has 0 spiro atoms. The van der Waals surface area contributed by atoms with Crippen molar-refractivity contribution in [3.8, 4) is 12.3 Å². The highest BCUT2D eigenvalue weighted by Gasteiger charge is 2.03. The van der Waals surface area contributed by atoms with Crippen LogP contribution in [0.3, 0.4) is 0 Å². The Morgan fingerprint density at radius 1 is 1.60 bits per heavy atom. The Labute approximate surface area is 92.1 Å². The van der Waals surface area contributed by atoms with Gasteiger partial charge in [-0.05, 0) is 37.4 Å². The molecule has 2 nitrogen and oxygen atoms in total. The summed E-state index contributed by atoms with van der Waals surface area (Å²) in [5.74, 6) is 2.78. The number of aryl methyl sites for hydroxylation is 1. The highest BCUT2D eigenvalue weighted by atomic mass is 14.9. The van der Waals surface area contributed by atoms with E-state index in [1.54, 1.807) is 6.20 Å². The lowest BCUT2D eigenvalue weighted by atomic mass is 10.1. The standard InChI is InChI=1S/C13H18N2/c1-3-9-15-13(4-2)8-7-12-6-5-10-14-11-12/h2,5-6,10-11,13,15H,3,7-9H2,1H3. The average Bonchev–Trinajstić information content (AvgIpc) is 2.31. The lowest BCUT2D eigenvalue weighted by Crippen LogP contribution is -2.28. The predicted octanol–water partition coefficient (Wildman–Crippen LogP) is 2.02. The predicted molar refractivity (Wildman–Crippen MR) is 63.5 cm³/mol. The van der Waals surface area contributed by atoms with E-state index < -0.39 is 0 Å². The first kappa shape index (κ1) is 11.7. The SMILES string of the molecule is C#CC(CCc1cccnc1)NCCC. The molecule has 0 aliphatic rings. The summed E-state index contributed by atoms with van der Waals surface area (Å²) in [4.78, 5) is 4.08. The van der Waals surface area contributed by atoms with Gasteiger partial charge in [0.1, 0.15) is 0 Å². The van der Waals surface area contributed by atoms with Crippen LogP contribution in [0.25, 0.3) is 0 Å². The van der Waals surface area contributed by atoms with Crippen molar-refractivity contribution in [3.05, 3.63) is 30.1 Å². The molecule has 1 rings (SSSR count). The van der Waals surface area contributed by atoms with Gasteiger partial charge in [-0.25, -0.2) is 0 Å². The number of nitrogens with one attached hydrogen (secondary N) is 1. The highest BCUT2D eigenvalue weighted by molar-refractivity contribution is 5.10. The molecule has 0 aromatic carbocycles. The van der Waals surface area contributed by atoms with E-state index in [1.165, 1.54) is 5.56 Å². The van der Waals surface area contributed by atoms with Crippen LogP contribution in [0.1, 0.15) is 25.3 Å². The summed E-state index contributed by atoms with van der Waals surface area (Å²) in [5, 5.41) is 3.33. The van der Waals surface area contributed by atoms with Gasteiger partial charge in [-0.2, -0.15) is 0 Å². The fourth-order valence-electron chi connectivity index (χ4n) is 1.42. The van der Waals surface area contributed by atoms with Crippen LogP contribution in [0.15, 0.2) is 24.5 Å². The molecule has 1 atom stereocenters. The number of aromatic nitrogens is 1. The second-order valence-corrected chi connectivity index (χ2v) is 3.57. The zero-order chi connectivity index (χ0) is 10.9. The maximum absolute atomic E-state index is 5.45. The summed E-state index contributed by atoms with van der Waals surface area (Å²) in [6.45, 7) is 3.13. The summed E-state index contributed by atoms with van der Waals surface area (Å²) in [6, 6.07) is 4.23. The number of pyridine rings is 1. The lowest BCUT2D eigenvalue weighted by Gasteiger charge is -2.11. The molecule has 2 heteroatoms. The second-order valence-electron chi connectivity index (χ2n) is 3.57. The molecule has 0 radical (unpaired) electrons. The minimum atomic E-state index is 0.185. The van der Waals surface area contributed by atoms with Crippen molar-refractivity contribution in [2.24, 2.45) is 0 Å². The van der Waals surface area contributed by atoms with Crippen molar-refractivity contribution in [3.63, 3.8) is 0 Å². The van der Waals surface area contributed by atoms with Gasteiger partial charge in [0.2, 0.25) is 0 Å². The maximum atomic E-state index is 5.45. The number of terminal acetylenes is 1. The van der Waals surface area contributed by atoms with Gasteiger partial charge in [0.25, 0.3) is 0 Å². The normalized spacial score (nSPS) is 12.0. The van der Waals surface area contributed by atoms with Crippen molar-refractivity contribution in [2.75, 3.05) is 6.54 Å². The van der Waals surface area contributed by atoms with Crippen LogP contribution in [0.2, 0.25) is 0 Å². The van der Waals surface area contributed by atoms with Crippen LogP contribution in [-0.4, -0.2) is 17.6 Å². The third-order valence-corrected chi connectivity index (χ3v) is 2.29. The Morgan fingerprint density at radius 3 is 3.07 bits per heavy atom. The molecule has 0 saturated heterocycles. The van der Waals surface area contributed by atoms with Crippen LogP contribution < -0.4 is 5.32 Å². The largest absolute Gasteiger partial charge is 0.304 e. The second kappa shape index (κ2) is 7.03. The summed E-state index contributed by atoms with van der Waals surface area (Å²) in [7, 11) is 0. The first-order valence-corrected chi connectivity index (χ1v) is 5.45. The maximum Gasteiger partial charge on any atom is 0.0690 e. The molecular weight excluding hydrogens is 184 g/mol. The number of rotatable bonds is 6. The molecule has 0 fully saturated rings. The third-order valence-electron chi connectivity index (χ3n) is 2.29. The lowest BCUT2D eigenvalue weighted by molar-refractivity contribution is 0.566. The van der Waals surface area contributed by atoms with Crippen molar-refractivity contribution >= 4 is 0 Å². The molecule has 0 aliphatic heterocycles. The topological polar surface area (TPSA) is 24.9 Å². The zero-order valence-corrected chi connectivity index (χ0v) is 9.24. The molecule has 0 saturated carbocycles. The van der Waals surface area contributed by atoms with Crippen LogP contribution in [0, 0.1) is 12.3 Å². The molecule has 1 aromatic rings. The fraction of sp³-hybridized carbons (Fsp3) is 0.462. The molecule has 15 heavy (non-hydrogen) atoms. The van der Waals surface area contributed by atoms with Gasteiger partial charge in [0, 0.05) is 12.4 Å². The van der Waals surface area contributed by atoms with Crippen molar-refractivity contribution in [1.29, 1.82) is 0 Å². The first-order chi connectivity index (χ1) is 7.36. The summed E-state index contributed by atoms with van der Waals surface area (Å²) < 4.78 is 0. The van der Waals surface area contributed by atoms with Crippen LogP contribution >= 0.6 is 0 Å². The van der Waals surface area contributed by atoms with E-state index >= 15 is 0 Å². The van der Waals surface area contributed by atoms with E-state index in [0.29, 0.717) is 0 Å². The van der Waals surface area contributed by atoms with E-state index in [4.69, 9.17) is 6.42 Å². The van der Waals surface area contributed by atoms with E-state index in [0.717, 1.165) is 25.8 Å². The van der Waals surface area contributed by atoms with Gasteiger partial charge < -0.3 is 5.32 Å². The molecule has 0 aliphatic carbocycles. The van der Waals surface area contributed by atoms with Crippen LogP contribution in [-0.2, 0) is 6.42 Å². The molecule has 1 aromatic heterocycles. The Kier molecular flexibility index (Phi) is 5.50. The zero-order valence-electron chi connectivity index (χ0n) is 9.24. The van der Waals surface area contributed by atoms with Gasteiger partial charge >= 0.3 is 0 Å². The van der Waals surface area contributed by atoms with Gasteiger partial charge in [-0.15, -0.1) is 6.42 Å². The van der Waals surface area contributed by atoms with E-state index in [9.17, 15) is 0 Å². The van der Waals surface area contributed by atoms with Crippen LogP contribution in [0.4, 0.5) is 0 Å². The summed E-state index contributed by atoms with van der Waals surface area (Å²) >= 11 is 0. The first-order valence-electron chi connectivity index (χ1n) is 5.45. The van der Waals surface area contributed by atoms with E-state index in [2.05, 4.69) is 29.2 Å². The summed E-state index contributed by atoms with van der Waals surface area (Å²) in [5.41, 5.74) is 1.25. The highest BCUT2D eigenvalue weighted by Crippen LogP contribution is 2.03. The molecule has 0 bridgehead atoms. The average molecular weight is 202 g/mol. The Morgan fingerprint density at radius 2 is 2.47 bits per heavy atom.